The number of amides is 1. The van der Waals surface area contributed by atoms with Crippen LogP contribution in [0.5, 0.6) is 0 Å². The summed E-state index contributed by atoms with van der Waals surface area (Å²) in [4.78, 5) is 23.3. The van der Waals surface area contributed by atoms with Gasteiger partial charge >= 0.3 is 5.97 Å². The summed E-state index contributed by atoms with van der Waals surface area (Å²) < 4.78 is 5.74. The summed E-state index contributed by atoms with van der Waals surface area (Å²) in [6, 6.07) is 3.28. The van der Waals surface area contributed by atoms with Gasteiger partial charge in [0.15, 0.2) is 0 Å². The molecule has 0 spiro atoms. The molecule has 2 rings (SSSR count). The van der Waals surface area contributed by atoms with Crippen LogP contribution in [-0.2, 0) is 9.53 Å². The number of carboxylic acid groups (broad SMARTS) is 1. The Morgan fingerprint density at radius 2 is 1.91 bits per heavy atom. The molecule has 1 aliphatic carbocycles. The molecule has 1 aliphatic rings. The molecule has 2 N–H and O–H groups in total. The number of aromatic carboxylic acids is 1. The van der Waals surface area contributed by atoms with Crippen LogP contribution < -0.4 is 5.32 Å². The van der Waals surface area contributed by atoms with Crippen LogP contribution in [0.1, 0.15) is 54.1 Å². The van der Waals surface area contributed by atoms with Crippen molar-refractivity contribution in [2.75, 3.05) is 11.9 Å². The molecule has 0 radical (unpaired) electrons. The number of rotatable bonds is 5. The fourth-order valence-electron chi connectivity index (χ4n) is 3.12. The second-order valence-electron chi connectivity index (χ2n) is 6.45. The zero-order chi connectivity index (χ0) is 17.0. The molecule has 2 unspecified atom stereocenters. The fraction of sp³-hybridized carbons (Fsp3) is 0.556. The highest BCUT2D eigenvalue weighted by molar-refractivity contribution is 5.96. The number of nitrogens with one attached hydrogen (secondary N) is 1. The van der Waals surface area contributed by atoms with Gasteiger partial charge in [-0.15, -0.1) is 0 Å². The third-order valence-corrected chi connectivity index (χ3v) is 4.54. The van der Waals surface area contributed by atoms with E-state index in [2.05, 4.69) is 12.2 Å². The first-order valence-corrected chi connectivity index (χ1v) is 8.14. The lowest BCUT2D eigenvalue weighted by Gasteiger charge is -2.28. The third-order valence-electron chi connectivity index (χ3n) is 4.54. The molecule has 1 saturated carbocycles. The van der Waals surface area contributed by atoms with E-state index in [0.29, 0.717) is 17.2 Å². The number of hydrogen-bond donors (Lipinski definition) is 2. The topological polar surface area (TPSA) is 75.6 Å². The van der Waals surface area contributed by atoms with Crippen molar-refractivity contribution in [2.24, 2.45) is 5.92 Å². The largest absolute Gasteiger partial charge is 0.478 e. The monoisotopic (exact) mass is 319 g/mol. The number of hydrogen-bond acceptors (Lipinski definition) is 3. The zero-order valence-electron chi connectivity index (χ0n) is 14.0. The van der Waals surface area contributed by atoms with E-state index < -0.39 is 5.97 Å². The van der Waals surface area contributed by atoms with Crippen LogP contribution in [-0.4, -0.2) is 29.7 Å². The third kappa shape index (κ3) is 4.55. The molecule has 0 heterocycles. The molecular formula is C18H25NO4. The van der Waals surface area contributed by atoms with Crippen molar-refractivity contribution < 1.29 is 19.4 Å². The summed E-state index contributed by atoms with van der Waals surface area (Å²) in [7, 11) is 0. The average Bonchev–Trinajstić information content (AvgIpc) is 2.49. The number of anilines is 1. The molecule has 0 saturated heterocycles. The van der Waals surface area contributed by atoms with Crippen LogP contribution in [0.4, 0.5) is 5.69 Å². The van der Waals surface area contributed by atoms with Gasteiger partial charge in [-0.25, -0.2) is 4.79 Å². The van der Waals surface area contributed by atoms with Crippen molar-refractivity contribution in [1.82, 2.24) is 0 Å². The smallest absolute Gasteiger partial charge is 0.336 e. The van der Waals surface area contributed by atoms with Crippen LogP contribution in [0, 0.1) is 19.8 Å². The highest BCUT2D eigenvalue weighted by atomic mass is 16.5. The number of carboxylic acids is 1. The predicted molar refractivity (Wildman–Crippen MR) is 88.9 cm³/mol. The minimum absolute atomic E-state index is 0.00469. The SMILES string of the molecule is Cc1cc(C)c(C(=O)O)cc1NC(=O)COC1CCCCC1C. The lowest BCUT2D eigenvalue weighted by Crippen LogP contribution is -2.30. The number of benzene rings is 1. The van der Waals surface area contributed by atoms with Gasteiger partial charge in [0.05, 0.1) is 11.7 Å². The summed E-state index contributed by atoms with van der Waals surface area (Å²) in [6.45, 7) is 5.75. The lowest BCUT2D eigenvalue weighted by molar-refractivity contribution is -0.124. The summed E-state index contributed by atoms with van der Waals surface area (Å²) in [6.07, 6.45) is 4.67. The highest BCUT2D eigenvalue weighted by Crippen LogP contribution is 2.26. The maximum Gasteiger partial charge on any atom is 0.336 e. The Hall–Kier alpha value is -1.88. The standard InChI is InChI=1S/C18H25NO4/c1-11-6-4-5-7-16(11)23-10-17(20)19-15-9-14(18(21)22)12(2)8-13(15)3/h8-9,11,16H,4-7,10H2,1-3H3,(H,19,20)(H,21,22). The van der Waals surface area contributed by atoms with Crippen LogP contribution in [0.3, 0.4) is 0 Å². The summed E-state index contributed by atoms with van der Waals surface area (Å²) >= 11 is 0. The van der Waals surface area contributed by atoms with Crippen molar-refractivity contribution in [2.45, 2.75) is 52.6 Å². The van der Waals surface area contributed by atoms with E-state index in [-0.39, 0.29) is 24.2 Å². The second-order valence-corrected chi connectivity index (χ2v) is 6.45. The van der Waals surface area contributed by atoms with Gasteiger partial charge in [-0.1, -0.05) is 25.8 Å². The van der Waals surface area contributed by atoms with E-state index in [4.69, 9.17) is 4.74 Å². The quantitative estimate of drug-likeness (QED) is 0.870. The minimum Gasteiger partial charge on any atom is -0.478 e. The molecule has 23 heavy (non-hydrogen) atoms. The molecule has 2 atom stereocenters. The zero-order valence-corrected chi connectivity index (χ0v) is 14.0. The van der Waals surface area contributed by atoms with Crippen LogP contribution in [0.25, 0.3) is 0 Å². The van der Waals surface area contributed by atoms with Crippen LogP contribution in [0.15, 0.2) is 12.1 Å². The normalized spacial score (nSPS) is 21.0. The van der Waals surface area contributed by atoms with Gasteiger partial charge in [-0.2, -0.15) is 0 Å². The van der Waals surface area contributed by atoms with E-state index in [9.17, 15) is 14.7 Å². The first-order valence-electron chi connectivity index (χ1n) is 8.14. The number of carbonyl (C=O) groups excluding carboxylic acids is 1. The van der Waals surface area contributed by atoms with Gasteiger partial charge in [0.1, 0.15) is 6.61 Å². The van der Waals surface area contributed by atoms with E-state index in [1.807, 2.05) is 6.92 Å². The molecule has 5 heteroatoms. The van der Waals surface area contributed by atoms with Crippen molar-refractivity contribution in [3.63, 3.8) is 0 Å². The Bertz CT molecular complexity index is 597. The van der Waals surface area contributed by atoms with Crippen LogP contribution in [0.2, 0.25) is 0 Å². The van der Waals surface area contributed by atoms with Crippen molar-refractivity contribution in [1.29, 1.82) is 0 Å². The highest BCUT2D eigenvalue weighted by Gasteiger charge is 2.22. The number of aryl methyl sites for hydroxylation is 2. The van der Waals surface area contributed by atoms with Gasteiger partial charge < -0.3 is 15.2 Å². The van der Waals surface area contributed by atoms with Crippen molar-refractivity contribution in [3.8, 4) is 0 Å². The van der Waals surface area contributed by atoms with Gasteiger partial charge in [0, 0.05) is 5.69 Å². The fourth-order valence-corrected chi connectivity index (χ4v) is 3.12. The average molecular weight is 319 g/mol. The maximum absolute atomic E-state index is 12.1. The summed E-state index contributed by atoms with van der Waals surface area (Å²) in [5.41, 5.74) is 2.25. The van der Waals surface area contributed by atoms with Gasteiger partial charge in [0.25, 0.3) is 0 Å². The van der Waals surface area contributed by atoms with Crippen molar-refractivity contribution in [3.05, 3.63) is 28.8 Å². The Morgan fingerprint density at radius 1 is 1.22 bits per heavy atom. The lowest BCUT2D eigenvalue weighted by atomic mass is 9.88. The first-order chi connectivity index (χ1) is 10.9. The summed E-state index contributed by atoms with van der Waals surface area (Å²) in [5.74, 6) is -0.757. The molecule has 0 aromatic heterocycles. The number of ether oxygens (including phenoxy) is 1. The Balaban J connectivity index is 1.97. The van der Waals surface area contributed by atoms with Crippen LogP contribution >= 0.6 is 0 Å². The molecule has 1 amide bonds. The van der Waals surface area contributed by atoms with Gasteiger partial charge in [0.2, 0.25) is 5.91 Å². The molecule has 0 aliphatic heterocycles. The maximum atomic E-state index is 12.1. The molecule has 1 fully saturated rings. The number of carbonyl (C=O) groups is 2. The van der Waals surface area contributed by atoms with E-state index in [0.717, 1.165) is 24.8 Å². The Kier molecular flexibility index (Phi) is 5.77. The van der Waals surface area contributed by atoms with E-state index in [1.165, 1.54) is 12.5 Å². The van der Waals surface area contributed by atoms with E-state index >= 15 is 0 Å². The summed E-state index contributed by atoms with van der Waals surface area (Å²) in [5, 5.41) is 11.9. The molecule has 126 valence electrons. The molecule has 1 aromatic rings. The van der Waals surface area contributed by atoms with Gasteiger partial charge in [-0.3, -0.25) is 4.79 Å². The molecular weight excluding hydrogens is 294 g/mol. The predicted octanol–water partition coefficient (Wildman–Crippen LogP) is 3.54. The van der Waals surface area contributed by atoms with E-state index in [1.54, 1.807) is 13.0 Å². The minimum atomic E-state index is -0.995. The molecule has 1 aromatic carbocycles. The Labute approximate surface area is 137 Å². The molecule has 5 nitrogen and oxygen atoms in total. The first kappa shape index (κ1) is 17.5. The van der Waals surface area contributed by atoms with Gasteiger partial charge in [-0.05, 0) is 49.8 Å². The molecule has 0 bridgehead atoms. The van der Waals surface area contributed by atoms with Crippen molar-refractivity contribution >= 4 is 17.6 Å². The second kappa shape index (κ2) is 7.59. The Morgan fingerprint density at radius 3 is 2.57 bits per heavy atom.